The molecule has 0 spiro atoms. The highest BCUT2D eigenvalue weighted by atomic mass is 16.4. The van der Waals surface area contributed by atoms with Crippen LogP contribution in [0.2, 0.25) is 0 Å². The molecule has 0 aliphatic carbocycles. The summed E-state index contributed by atoms with van der Waals surface area (Å²) in [5, 5.41) is 12.4. The molecule has 0 saturated carbocycles. The van der Waals surface area contributed by atoms with E-state index in [0.29, 0.717) is 12.8 Å². The zero-order valence-corrected chi connectivity index (χ0v) is 10.2. The Morgan fingerprint density at radius 3 is 2.59 bits per heavy atom. The number of hydrogen-bond acceptors (Lipinski definition) is 2. The number of anilines is 1. The molecule has 1 aromatic carbocycles. The summed E-state index contributed by atoms with van der Waals surface area (Å²) < 4.78 is 0. The lowest BCUT2D eigenvalue weighted by Gasteiger charge is -2.29. The number of aliphatic carboxylic acids is 1. The zero-order chi connectivity index (χ0) is 12.9. The summed E-state index contributed by atoms with van der Waals surface area (Å²) in [6.07, 6.45) is 6.34. The normalized spacial score (nSPS) is 10.6. The Hall–Kier alpha value is -1.95. The Kier molecular flexibility index (Phi) is 4.17. The van der Waals surface area contributed by atoms with Crippen molar-refractivity contribution < 1.29 is 9.90 Å². The van der Waals surface area contributed by atoms with E-state index in [-0.39, 0.29) is 0 Å². The van der Waals surface area contributed by atoms with Gasteiger partial charge in [0.25, 0.3) is 0 Å². The first-order valence-corrected chi connectivity index (χ1v) is 5.66. The Morgan fingerprint density at radius 1 is 1.47 bits per heavy atom. The molecule has 0 heterocycles. The van der Waals surface area contributed by atoms with Gasteiger partial charge in [-0.2, -0.15) is 0 Å². The smallest absolute Gasteiger partial charge is 0.329 e. The summed E-state index contributed by atoms with van der Waals surface area (Å²) >= 11 is 0. The van der Waals surface area contributed by atoms with Crippen molar-refractivity contribution in [1.29, 1.82) is 0 Å². The van der Waals surface area contributed by atoms with E-state index >= 15 is 0 Å². The number of benzene rings is 1. The molecule has 0 aliphatic rings. The van der Waals surface area contributed by atoms with Gasteiger partial charge in [-0.15, -0.1) is 6.42 Å². The van der Waals surface area contributed by atoms with Crippen LogP contribution in [0.5, 0.6) is 0 Å². The second-order valence-electron chi connectivity index (χ2n) is 3.94. The van der Waals surface area contributed by atoms with Gasteiger partial charge in [-0.25, -0.2) is 4.79 Å². The SMILES string of the molecule is C#Cc1cccc(NC(CC)(CC)C(=O)O)c1. The fraction of sp³-hybridized carbons (Fsp3) is 0.357. The molecule has 1 aromatic rings. The molecule has 0 radical (unpaired) electrons. The summed E-state index contributed by atoms with van der Waals surface area (Å²) in [5.41, 5.74) is 0.556. The molecule has 0 aromatic heterocycles. The van der Waals surface area contributed by atoms with Crippen molar-refractivity contribution in [2.75, 3.05) is 5.32 Å². The standard InChI is InChI=1S/C14H17NO2/c1-4-11-8-7-9-12(10-11)15-14(5-2,6-3)13(16)17/h1,7-10,15H,5-6H2,2-3H3,(H,16,17). The quantitative estimate of drug-likeness (QED) is 0.766. The zero-order valence-electron chi connectivity index (χ0n) is 10.2. The van der Waals surface area contributed by atoms with Gasteiger partial charge in [0.1, 0.15) is 5.54 Å². The summed E-state index contributed by atoms with van der Waals surface area (Å²) in [4.78, 5) is 11.3. The van der Waals surface area contributed by atoms with E-state index in [2.05, 4.69) is 11.2 Å². The molecule has 3 nitrogen and oxygen atoms in total. The third kappa shape index (κ3) is 2.79. The van der Waals surface area contributed by atoms with Crippen molar-refractivity contribution in [3.63, 3.8) is 0 Å². The first-order chi connectivity index (χ1) is 8.07. The van der Waals surface area contributed by atoms with Crippen LogP contribution in [0.15, 0.2) is 24.3 Å². The highest BCUT2D eigenvalue weighted by Gasteiger charge is 2.34. The van der Waals surface area contributed by atoms with Gasteiger partial charge in [0.05, 0.1) is 0 Å². The predicted octanol–water partition coefficient (Wildman–Crippen LogP) is 2.72. The molecule has 2 N–H and O–H groups in total. The molecule has 3 heteroatoms. The molecule has 0 aliphatic heterocycles. The van der Waals surface area contributed by atoms with Crippen molar-refractivity contribution in [2.24, 2.45) is 0 Å². The van der Waals surface area contributed by atoms with E-state index in [1.165, 1.54) is 0 Å². The number of rotatable bonds is 5. The second kappa shape index (κ2) is 5.40. The van der Waals surface area contributed by atoms with Crippen LogP contribution >= 0.6 is 0 Å². The van der Waals surface area contributed by atoms with E-state index in [1.54, 1.807) is 6.07 Å². The minimum Gasteiger partial charge on any atom is -0.480 e. The van der Waals surface area contributed by atoms with Crippen LogP contribution < -0.4 is 5.32 Å². The van der Waals surface area contributed by atoms with E-state index in [9.17, 15) is 9.90 Å². The summed E-state index contributed by atoms with van der Waals surface area (Å²) in [5.74, 6) is 1.69. The average molecular weight is 231 g/mol. The van der Waals surface area contributed by atoms with Crippen LogP contribution in [-0.4, -0.2) is 16.6 Å². The van der Waals surface area contributed by atoms with E-state index in [4.69, 9.17) is 6.42 Å². The van der Waals surface area contributed by atoms with Gasteiger partial charge >= 0.3 is 5.97 Å². The minimum atomic E-state index is -0.923. The van der Waals surface area contributed by atoms with Crippen LogP contribution in [0.3, 0.4) is 0 Å². The number of nitrogens with one attached hydrogen (secondary N) is 1. The van der Waals surface area contributed by atoms with Crippen LogP contribution in [0.25, 0.3) is 0 Å². The van der Waals surface area contributed by atoms with Crippen molar-refractivity contribution >= 4 is 11.7 Å². The van der Waals surface area contributed by atoms with E-state index in [1.807, 2.05) is 32.0 Å². The van der Waals surface area contributed by atoms with Gasteiger partial charge in [-0.3, -0.25) is 0 Å². The molecule has 0 bridgehead atoms. The van der Waals surface area contributed by atoms with Gasteiger partial charge in [0, 0.05) is 11.3 Å². The Labute approximate surface area is 102 Å². The lowest BCUT2D eigenvalue weighted by molar-refractivity contribution is -0.142. The van der Waals surface area contributed by atoms with Crippen LogP contribution in [-0.2, 0) is 4.79 Å². The highest BCUT2D eigenvalue weighted by molar-refractivity contribution is 5.82. The Balaban J connectivity index is 3.02. The van der Waals surface area contributed by atoms with Gasteiger partial charge in [-0.05, 0) is 31.0 Å². The fourth-order valence-corrected chi connectivity index (χ4v) is 1.75. The molecule has 1 rings (SSSR count). The third-order valence-corrected chi connectivity index (χ3v) is 3.03. The lowest BCUT2D eigenvalue weighted by atomic mass is 9.92. The van der Waals surface area contributed by atoms with Gasteiger partial charge in [0.15, 0.2) is 0 Å². The molecule has 0 unspecified atom stereocenters. The topological polar surface area (TPSA) is 49.3 Å². The maximum Gasteiger partial charge on any atom is 0.329 e. The molecule has 90 valence electrons. The van der Waals surface area contributed by atoms with E-state index < -0.39 is 11.5 Å². The third-order valence-electron chi connectivity index (χ3n) is 3.03. The molecule has 0 amide bonds. The number of carboxylic acid groups (broad SMARTS) is 1. The Morgan fingerprint density at radius 2 is 2.12 bits per heavy atom. The first kappa shape index (κ1) is 13.1. The maximum atomic E-state index is 11.3. The average Bonchev–Trinajstić information content (AvgIpc) is 2.36. The first-order valence-electron chi connectivity index (χ1n) is 5.66. The number of terminal acetylenes is 1. The molecule has 0 atom stereocenters. The molecular formula is C14H17NO2. The number of carbonyl (C=O) groups is 1. The monoisotopic (exact) mass is 231 g/mol. The van der Waals surface area contributed by atoms with E-state index in [0.717, 1.165) is 11.3 Å². The lowest BCUT2D eigenvalue weighted by Crippen LogP contribution is -2.45. The van der Waals surface area contributed by atoms with Crippen molar-refractivity contribution in [1.82, 2.24) is 0 Å². The Bertz CT molecular complexity index is 442. The summed E-state index contributed by atoms with van der Waals surface area (Å²) in [6, 6.07) is 7.23. The maximum absolute atomic E-state index is 11.3. The van der Waals surface area contributed by atoms with Crippen molar-refractivity contribution in [2.45, 2.75) is 32.2 Å². The molecular weight excluding hydrogens is 214 g/mol. The van der Waals surface area contributed by atoms with Crippen molar-refractivity contribution in [3.8, 4) is 12.3 Å². The van der Waals surface area contributed by atoms with Gasteiger partial charge in [0.2, 0.25) is 0 Å². The minimum absolute atomic E-state index is 0.513. The number of hydrogen-bond donors (Lipinski definition) is 2. The van der Waals surface area contributed by atoms with Crippen LogP contribution in [0, 0.1) is 12.3 Å². The van der Waals surface area contributed by atoms with Crippen LogP contribution in [0.4, 0.5) is 5.69 Å². The fourth-order valence-electron chi connectivity index (χ4n) is 1.75. The van der Waals surface area contributed by atoms with Crippen LogP contribution in [0.1, 0.15) is 32.3 Å². The second-order valence-corrected chi connectivity index (χ2v) is 3.94. The summed E-state index contributed by atoms with van der Waals surface area (Å²) in [6.45, 7) is 3.71. The highest BCUT2D eigenvalue weighted by Crippen LogP contribution is 2.23. The van der Waals surface area contributed by atoms with Crippen molar-refractivity contribution in [3.05, 3.63) is 29.8 Å². The van der Waals surface area contributed by atoms with Gasteiger partial charge < -0.3 is 10.4 Å². The molecule has 0 fully saturated rings. The molecule has 0 saturated heterocycles. The largest absolute Gasteiger partial charge is 0.480 e. The number of carboxylic acids is 1. The molecule has 17 heavy (non-hydrogen) atoms. The predicted molar refractivity (Wildman–Crippen MR) is 68.9 cm³/mol. The van der Waals surface area contributed by atoms with Gasteiger partial charge in [-0.1, -0.05) is 25.8 Å². The summed E-state index contributed by atoms with van der Waals surface area (Å²) in [7, 11) is 0.